The van der Waals surface area contributed by atoms with Crippen LogP contribution in [0.4, 0.5) is 9.18 Å². The van der Waals surface area contributed by atoms with E-state index < -0.39 is 42.3 Å². The van der Waals surface area contributed by atoms with Crippen LogP contribution in [0.15, 0.2) is 24.3 Å². The summed E-state index contributed by atoms with van der Waals surface area (Å²) < 4.78 is 17.9. The Morgan fingerprint density at radius 2 is 1.64 bits per heavy atom. The first-order valence-electron chi connectivity index (χ1n) is 8.97. The number of ether oxygens (including phenoxy) is 1. The highest BCUT2D eigenvalue weighted by Gasteiger charge is 2.27. The molecule has 0 aromatic heterocycles. The van der Waals surface area contributed by atoms with E-state index in [-0.39, 0.29) is 17.5 Å². The number of benzene rings is 1. The van der Waals surface area contributed by atoms with Crippen LogP contribution in [0.25, 0.3) is 0 Å². The average Bonchev–Trinajstić information content (AvgIpc) is 2.63. The minimum atomic E-state index is -1.01. The largest absolute Gasteiger partial charge is 0.454 e. The van der Waals surface area contributed by atoms with E-state index in [0.717, 1.165) is 12.1 Å². The Morgan fingerprint density at radius 3 is 2.18 bits per heavy atom. The van der Waals surface area contributed by atoms with Crippen LogP contribution in [0.1, 0.15) is 44.5 Å². The normalized spacial score (nSPS) is 12.6. The van der Waals surface area contributed by atoms with E-state index in [0.29, 0.717) is 6.42 Å². The van der Waals surface area contributed by atoms with Gasteiger partial charge in [-0.25, -0.2) is 14.0 Å². The molecule has 0 unspecified atom stereocenters. The van der Waals surface area contributed by atoms with Crippen molar-refractivity contribution in [1.29, 1.82) is 0 Å². The van der Waals surface area contributed by atoms with E-state index in [1.807, 2.05) is 6.92 Å². The molecular weight excluding hydrogens is 369 g/mol. The van der Waals surface area contributed by atoms with E-state index in [1.165, 1.54) is 12.1 Å². The summed E-state index contributed by atoms with van der Waals surface area (Å²) >= 11 is 0. The molecule has 2 atom stereocenters. The first kappa shape index (κ1) is 23.1. The van der Waals surface area contributed by atoms with Crippen molar-refractivity contribution in [3.63, 3.8) is 0 Å². The fourth-order valence-corrected chi connectivity index (χ4v) is 2.07. The zero-order chi connectivity index (χ0) is 21.3. The van der Waals surface area contributed by atoms with Gasteiger partial charge in [-0.15, -0.1) is 0 Å². The number of halogens is 1. The van der Waals surface area contributed by atoms with E-state index in [2.05, 4.69) is 16.0 Å². The second kappa shape index (κ2) is 11.0. The summed E-state index contributed by atoms with van der Waals surface area (Å²) in [5, 5.41) is 7.10. The zero-order valence-corrected chi connectivity index (χ0v) is 16.4. The van der Waals surface area contributed by atoms with Gasteiger partial charge in [0.25, 0.3) is 11.8 Å². The highest BCUT2D eigenvalue weighted by molar-refractivity contribution is 5.98. The topological polar surface area (TPSA) is 114 Å². The Morgan fingerprint density at radius 1 is 1.04 bits per heavy atom. The number of carbonyl (C=O) groups is 4. The fourth-order valence-electron chi connectivity index (χ4n) is 2.07. The van der Waals surface area contributed by atoms with Gasteiger partial charge in [0, 0.05) is 11.6 Å². The molecule has 0 saturated carbocycles. The Bertz CT molecular complexity index is 706. The molecule has 0 bridgehead atoms. The zero-order valence-electron chi connectivity index (χ0n) is 16.4. The molecule has 154 valence electrons. The molecule has 9 heteroatoms. The maximum atomic E-state index is 13.0. The number of esters is 1. The molecule has 8 nitrogen and oxygen atoms in total. The summed E-state index contributed by atoms with van der Waals surface area (Å²) in [5.74, 6) is -2.99. The lowest BCUT2D eigenvalue weighted by Gasteiger charge is -2.20. The first-order valence-corrected chi connectivity index (χ1v) is 8.97. The Hall–Kier alpha value is -2.97. The van der Waals surface area contributed by atoms with Crippen LogP contribution < -0.4 is 16.0 Å². The highest BCUT2D eigenvalue weighted by Crippen LogP contribution is 2.08. The van der Waals surface area contributed by atoms with Crippen LogP contribution in [-0.4, -0.2) is 42.5 Å². The number of hydrogen-bond acceptors (Lipinski definition) is 5. The lowest BCUT2D eigenvalue weighted by molar-refractivity contribution is -0.151. The van der Waals surface area contributed by atoms with Crippen molar-refractivity contribution in [2.75, 3.05) is 6.61 Å². The van der Waals surface area contributed by atoms with Crippen LogP contribution in [0.2, 0.25) is 0 Å². The van der Waals surface area contributed by atoms with Gasteiger partial charge >= 0.3 is 12.0 Å². The molecule has 1 aromatic carbocycles. The van der Waals surface area contributed by atoms with Crippen molar-refractivity contribution >= 4 is 23.8 Å². The maximum Gasteiger partial charge on any atom is 0.329 e. The molecule has 4 amide bonds. The van der Waals surface area contributed by atoms with Gasteiger partial charge in [-0.3, -0.25) is 14.9 Å². The monoisotopic (exact) mass is 395 g/mol. The van der Waals surface area contributed by atoms with Crippen LogP contribution in [0, 0.1) is 11.7 Å². The Kier molecular flexibility index (Phi) is 9.07. The third kappa shape index (κ3) is 7.73. The standard InChI is InChI=1S/C19H26FN3O5/c1-5-12(4)21-19(27)22-15(24)10-28-18(26)16(11(2)3)23-17(25)13-6-8-14(20)9-7-13/h6-9,11-12,16H,5,10H2,1-4H3,(H,23,25)(H2,21,22,24,27)/t12-,16-/m0/s1. The summed E-state index contributed by atoms with van der Waals surface area (Å²) in [5.41, 5.74) is 0.180. The highest BCUT2D eigenvalue weighted by atomic mass is 19.1. The van der Waals surface area contributed by atoms with Crippen LogP contribution in [0.5, 0.6) is 0 Å². The Labute approximate surface area is 163 Å². The summed E-state index contributed by atoms with van der Waals surface area (Å²) in [6.07, 6.45) is 0.695. The summed E-state index contributed by atoms with van der Waals surface area (Å²) in [6.45, 7) is 6.37. The molecule has 0 heterocycles. The molecule has 28 heavy (non-hydrogen) atoms. The molecular formula is C19H26FN3O5. The van der Waals surface area contributed by atoms with Crippen molar-refractivity contribution < 1.29 is 28.3 Å². The second-order valence-corrected chi connectivity index (χ2v) is 6.64. The predicted molar refractivity (Wildman–Crippen MR) is 99.9 cm³/mol. The molecule has 0 aliphatic heterocycles. The number of urea groups is 1. The number of hydrogen-bond donors (Lipinski definition) is 3. The molecule has 3 N–H and O–H groups in total. The van der Waals surface area contributed by atoms with Gasteiger partial charge in [-0.1, -0.05) is 20.8 Å². The number of carbonyl (C=O) groups excluding carboxylic acids is 4. The SMILES string of the molecule is CC[C@H](C)NC(=O)NC(=O)COC(=O)[C@@H](NC(=O)c1ccc(F)cc1)C(C)C. The lowest BCUT2D eigenvalue weighted by Crippen LogP contribution is -2.47. The number of amides is 4. The van der Waals surface area contributed by atoms with Crippen LogP contribution in [-0.2, 0) is 14.3 Å². The summed E-state index contributed by atoms with van der Waals surface area (Å²) in [4.78, 5) is 47.8. The van der Waals surface area contributed by atoms with E-state index in [4.69, 9.17) is 4.74 Å². The summed E-state index contributed by atoms with van der Waals surface area (Å²) in [7, 11) is 0. The predicted octanol–water partition coefficient (Wildman–Crippen LogP) is 1.75. The van der Waals surface area contributed by atoms with Crippen molar-refractivity contribution in [2.24, 2.45) is 5.92 Å². The molecule has 0 fully saturated rings. The minimum absolute atomic E-state index is 0.109. The van der Waals surface area contributed by atoms with E-state index in [9.17, 15) is 23.6 Å². The third-order valence-corrected chi connectivity index (χ3v) is 3.90. The summed E-state index contributed by atoms with van der Waals surface area (Å²) in [6, 6.07) is 3.04. The number of nitrogens with one attached hydrogen (secondary N) is 3. The van der Waals surface area contributed by atoms with E-state index in [1.54, 1.807) is 20.8 Å². The van der Waals surface area contributed by atoms with Crippen molar-refractivity contribution in [3.05, 3.63) is 35.6 Å². The van der Waals surface area contributed by atoms with Gasteiger partial charge < -0.3 is 15.4 Å². The van der Waals surface area contributed by atoms with Gasteiger partial charge in [0.15, 0.2) is 6.61 Å². The van der Waals surface area contributed by atoms with Gasteiger partial charge in [-0.2, -0.15) is 0 Å². The quantitative estimate of drug-likeness (QED) is 0.580. The lowest BCUT2D eigenvalue weighted by atomic mass is 10.0. The van der Waals surface area contributed by atoms with Gasteiger partial charge in [0.05, 0.1) is 0 Å². The number of imide groups is 1. The van der Waals surface area contributed by atoms with Gasteiger partial charge in [-0.05, 0) is 43.5 Å². The third-order valence-electron chi connectivity index (χ3n) is 3.90. The minimum Gasteiger partial charge on any atom is -0.454 e. The fraction of sp³-hybridized carbons (Fsp3) is 0.474. The number of rotatable bonds is 8. The molecule has 0 spiro atoms. The Balaban J connectivity index is 2.58. The van der Waals surface area contributed by atoms with Crippen molar-refractivity contribution in [1.82, 2.24) is 16.0 Å². The molecule has 0 radical (unpaired) electrons. The van der Waals surface area contributed by atoms with Gasteiger partial charge in [0.1, 0.15) is 11.9 Å². The molecule has 0 saturated heterocycles. The van der Waals surface area contributed by atoms with Crippen molar-refractivity contribution in [2.45, 2.75) is 46.2 Å². The molecule has 0 aliphatic rings. The van der Waals surface area contributed by atoms with Crippen LogP contribution in [0.3, 0.4) is 0 Å². The second-order valence-electron chi connectivity index (χ2n) is 6.64. The van der Waals surface area contributed by atoms with Crippen LogP contribution >= 0.6 is 0 Å². The maximum absolute atomic E-state index is 13.0. The van der Waals surface area contributed by atoms with E-state index >= 15 is 0 Å². The smallest absolute Gasteiger partial charge is 0.329 e. The average molecular weight is 395 g/mol. The van der Waals surface area contributed by atoms with Crippen molar-refractivity contribution in [3.8, 4) is 0 Å². The first-order chi connectivity index (χ1) is 13.1. The molecule has 1 rings (SSSR count). The molecule has 0 aliphatic carbocycles. The van der Waals surface area contributed by atoms with Gasteiger partial charge in [0.2, 0.25) is 0 Å². The molecule has 1 aromatic rings.